The van der Waals surface area contributed by atoms with Crippen LogP contribution in [0.25, 0.3) is 10.9 Å². The molecule has 0 spiro atoms. The Morgan fingerprint density at radius 1 is 1.40 bits per heavy atom. The highest BCUT2D eigenvalue weighted by Gasteiger charge is 2.12. The van der Waals surface area contributed by atoms with Gasteiger partial charge in [0.2, 0.25) is 0 Å². The molecule has 3 nitrogen and oxygen atoms in total. The van der Waals surface area contributed by atoms with Crippen LogP contribution in [-0.4, -0.2) is 28.0 Å². The van der Waals surface area contributed by atoms with E-state index in [9.17, 15) is 0 Å². The van der Waals surface area contributed by atoms with Crippen LogP contribution in [0.1, 0.15) is 24.6 Å². The lowest BCUT2D eigenvalue weighted by molar-refractivity contribution is 0.256. The van der Waals surface area contributed by atoms with Crippen LogP contribution in [0.5, 0.6) is 0 Å². The summed E-state index contributed by atoms with van der Waals surface area (Å²) in [5, 5.41) is 1.22. The largest absolute Gasteiger partial charge is 0.393 e. The number of fused-ring (bicyclic) bond motifs is 1. The Morgan fingerprint density at radius 2 is 2.10 bits per heavy atom. The van der Waals surface area contributed by atoms with Crippen LogP contribution in [0.3, 0.4) is 0 Å². The highest BCUT2D eigenvalue weighted by atomic mass is 32.1. The van der Waals surface area contributed by atoms with Crippen molar-refractivity contribution in [3.8, 4) is 0 Å². The van der Waals surface area contributed by atoms with Crippen molar-refractivity contribution in [2.75, 3.05) is 7.05 Å². The van der Waals surface area contributed by atoms with Crippen molar-refractivity contribution >= 4 is 28.1 Å². The maximum Gasteiger partial charge on any atom is 0.0742 e. The number of benzene rings is 1. The molecule has 1 unspecified atom stereocenters. The Morgan fingerprint density at radius 3 is 2.80 bits per heavy atom. The van der Waals surface area contributed by atoms with Crippen molar-refractivity contribution in [1.29, 1.82) is 0 Å². The first-order valence-electron chi connectivity index (χ1n) is 6.81. The van der Waals surface area contributed by atoms with Gasteiger partial charge in [0.05, 0.1) is 10.5 Å². The molecule has 106 valence electrons. The van der Waals surface area contributed by atoms with Gasteiger partial charge in [-0.1, -0.05) is 30.4 Å². The molecule has 0 aliphatic rings. The lowest BCUT2D eigenvalue weighted by atomic mass is 10.1. The van der Waals surface area contributed by atoms with Gasteiger partial charge in [-0.05, 0) is 38.6 Å². The van der Waals surface area contributed by atoms with Crippen LogP contribution in [0.4, 0.5) is 0 Å². The molecule has 0 saturated heterocycles. The Labute approximate surface area is 125 Å². The minimum Gasteiger partial charge on any atom is -0.393 e. The number of hydrogen-bond acceptors (Lipinski definition) is 3. The van der Waals surface area contributed by atoms with Crippen LogP contribution in [0.2, 0.25) is 0 Å². The average molecular weight is 287 g/mol. The van der Waals surface area contributed by atoms with E-state index in [4.69, 9.17) is 18.0 Å². The zero-order chi connectivity index (χ0) is 14.7. The molecule has 20 heavy (non-hydrogen) atoms. The van der Waals surface area contributed by atoms with E-state index in [1.165, 1.54) is 10.9 Å². The van der Waals surface area contributed by atoms with E-state index >= 15 is 0 Å². The Hall–Kier alpha value is -1.52. The summed E-state index contributed by atoms with van der Waals surface area (Å²) in [5.74, 6) is 0. The standard InChI is InChI=1S/C16H21N3S/c1-11-8-13(10-19(3)12(2)9-16(17)20)14-6-4-5-7-15(14)18-11/h4-8,12H,9-10H2,1-3H3,(H2,17,20). The second-order valence-electron chi connectivity index (χ2n) is 5.37. The SMILES string of the molecule is Cc1cc(CN(C)C(C)CC(N)=S)c2ccccc2n1. The van der Waals surface area contributed by atoms with Crippen molar-refractivity contribution in [3.63, 3.8) is 0 Å². The summed E-state index contributed by atoms with van der Waals surface area (Å²) in [4.78, 5) is 7.43. The number of pyridine rings is 1. The molecule has 0 radical (unpaired) electrons. The molecule has 1 atom stereocenters. The van der Waals surface area contributed by atoms with Gasteiger partial charge in [-0.2, -0.15) is 0 Å². The summed E-state index contributed by atoms with van der Waals surface area (Å²) in [6.07, 6.45) is 0.744. The van der Waals surface area contributed by atoms with Crippen LogP contribution in [-0.2, 0) is 6.54 Å². The average Bonchev–Trinajstić information content (AvgIpc) is 2.37. The Kier molecular flexibility index (Phi) is 4.68. The summed E-state index contributed by atoms with van der Waals surface area (Å²) < 4.78 is 0. The minimum atomic E-state index is 0.333. The second kappa shape index (κ2) is 6.29. The van der Waals surface area contributed by atoms with Crippen LogP contribution < -0.4 is 5.73 Å². The first-order chi connectivity index (χ1) is 9.47. The summed E-state index contributed by atoms with van der Waals surface area (Å²) in [5.41, 5.74) is 9.03. The smallest absolute Gasteiger partial charge is 0.0742 e. The molecule has 0 aliphatic heterocycles. The third kappa shape index (κ3) is 3.52. The van der Waals surface area contributed by atoms with E-state index in [1.807, 2.05) is 13.0 Å². The molecule has 0 amide bonds. The predicted molar refractivity (Wildman–Crippen MR) is 88.8 cm³/mol. The van der Waals surface area contributed by atoms with E-state index < -0.39 is 0 Å². The highest BCUT2D eigenvalue weighted by molar-refractivity contribution is 7.80. The van der Waals surface area contributed by atoms with Gasteiger partial charge in [0.1, 0.15) is 0 Å². The number of thiocarbonyl (C=S) groups is 1. The van der Waals surface area contributed by atoms with Crippen molar-refractivity contribution in [2.24, 2.45) is 5.73 Å². The minimum absolute atomic E-state index is 0.333. The first kappa shape index (κ1) is 14.9. The summed E-state index contributed by atoms with van der Waals surface area (Å²) in [7, 11) is 2.10. The Balaban J connectivity index is 2.27. The van der Waals surface area contributed by atoms with Crippen molar-refractivity contribution < 1.29 is 0 Å². The van der Waals surface area contributed by atoms with Crippen LogP contribution in [0, 0.1) is 6.92 Å². The molecule has 1 aromatic heterocycles. The lowest BCUT2D eigenvalue weighted by Gasteiger charge is -2.25. The fraction of sp³-hybridized carbons (Fsp3) is 0.375. The topological polar surface area (TPSA) is 42.1 Å². The quantitative estimate of drug-likeness (QED) is 0.858. The molecular formula is C16H21N3S. The maximum atomic E-state index is 5.63. The third-order valence-corrected chi connectivity index (χ3v) is 3.77. The number of nitrogens with zero attached hydrogens (tertiary/aromatic N) is 2. The zero-order valence-electron chi connectivity index (χ0n) is 12.3. The third-order valence-electron chi connectivity index (χ3n) is 3.60. The first-order valence-corrected chi connectivity index (χ1v) is 7.22. The van der Waals surface area contributed by atoms with E-state index in [0.717, 1.165) is 24.2 Å². The number of nitrogens with two attached hydrogens (primary N) is 1. The predicted octanol–water partition coefficient (Wildman–Crippen LogP) is 3.04. The van der Waals surface area contributed by atoms with E-state index in [-0.39, 0.29) is 0 Å². The number of rotatable bonds is 5. The molecule has 2 aromatic rings. The normalized spacial score (nSPS) is 12.8. The fourth-order valence-electron chi connectivity index (χ4n) is 2.40. The number of para-hydroxylation sites is 1. The van der Waals surface area contributed by atoms with Gasteiger partial charge in [-0.3, -0.25) is 9.88 Å². The van der Waals surface area contributed by atoms with Crippen LogP contribution in [0.15, 0.2) is 30.3 Å². The van der Waals surface area contributed by atoms with E-state index in [0.29, 0.717) is 11.0 Å². The fourth-order valence-corrected chi connectivity index (χ4v) is 2.64. The molecule has 2 N–H and O–H groups in total. The molecule has 1 heterocycles. The highest BCUT2D eigenvalue weighted by Crippen LogP contribution is 2.20. The number of hydrogen-bond donors (Lipinski definition) is 1. The van der Waals surface area contributed by atoms with Gasteiger partial charge in [-0.15, -0.1) is 0 Å². The van der Waals surface area contributed by atoms with Crippen LogP contribution >= 0.6 is 12.2 Å². The zero-order valence-corrected chi connectivity index (χ0v) is 13.1. The van der Waals surface area contributed by atoms with Gasteiger partial charge in [0.15, 0.2) is 0 Å². The van der Waals surface area contributed by atoms with Gasteiger partial charge in [0.25, 0.3) is 0 Å². The van der Waals surface area contributed by atoms with Crippen molar-refractivity contribution in [2.45, 2.75) is 32.9 Å². The summed E-state index contributed by atoms with van der Waals surface area (Å²) in [6, 6.07) is 10.8. The Bertz CT molecular complexity index is 624. The maximum absolute atomic E-state index is 5.63. The molecule has 1 aromatic carbocycles. The van der Waals surface area contributed by atoms with Gasteiger partial charge in [0, 0.05) is 30.1 Å². The van der Waals surface area contributed by atoms with E-state index in [1.54, 1.807) is 0 Å². The molecule has 0 saturated carbocycles. The van der Waals surface area contributed by atoms with Gasteiger partial charge >= 0.3 is 0 Å². The molecule has 4 heteroatoms. The number of aromatic nitrogens is 1. The molecule has 0 bridgehead atoms. The molecular weight excluding hydrogens is 266 g/mol. The van der Waals surface area contributed by atoms with Crippen molar-refractivity contribution in [3.05, 3.63) is 41.6 Å². The molecule has 0 aliphatic carbocycles. The van der Waals surface area contributed by atoms with Crippen molar-refractivity contribution in [1.82, 2.24) is 9.88 Å². The molecule has 2 rings (SSSR count). The molecule has 0 fully saturated rings. The van der Waals surface area contributed by atoms with Gasteiger partial charge < -0.3 is 5.73 Å². The monoisotopic (exact) mass is 287 g/mol. The summed E-state index contributed by atoms with van der Waals surface area (Å²) >= 11 is 4.99. The summed E-state index contributed by atoms with van der Waals surface area (Å²) in [6.45, 7) is 5.05. The number of aryl methyl sites for hydroxylation is 1. The van der Waals surface area contributed by atoms with E-state index in [2.05, 4.69) is 48.1 Å². The second-order valence-corrected chi connectivity index (χ2v) is 5.90. The van der Waals surface area contributed by atoms with Gasteiger partial charge in [-0.25, -0.2) is 0 Å². The lowest BCUT2D eigenvalue weighted by Crippen LogP contribution is -2.32.